The zero-order valence-corrected chi connectivity index (χ0v) is 17.2. The van der Waals surface area contributed by atoms with Gasteiger partial charge in [-0.3, -0.25) is 9.78 Å². The van der Waals surface area contributed by atoms with Crippen LogP contribution in [-0.2, 0) is 6.42 Å². The molecule has 0 spiro atoms. The standard InChI is InChI=1S/C23H23F2N5O2/c24-14-2-1-3-15(25)22(14)18-5-4-16(26)23(29-18)21(32)10-13-11-28-8-6-19(13)30-9-7-20(31)17(27)12-30/h1-6,8,11,17,20,31H,7,9-10,12,26-27H2/t17-,20-/m0/s1. The van der Waals surface area contributed by atoms with Gasteiger partial charge in [0, 0.05) is 49.2 Å². The van der Waals surface area contributed by atoms with Crippen molar-refractivity contribution in [3.63, 3.8) is 0 Å². The highest BCUT2D eigenvalue weighted by molar-refractivity contribution is 6.01. The molecule has 0 bridgehead atoms. The first-order chi connectivity index (χ1) is 15.3. The van der Waals surface area contributed by atoms with E-state index >= 15 is 0 Å². The maximum Gasteiger partial charge on any atom is 0.187 e. The van der Waals surface area contributed by atoms with Gasteiger partial charge in [0.05, 0.1) is 23.0 Å². The summed E-state index contributed by atoms with van der Waals surface area (Å²) in [6.07, 6.45) is 3.09. The molecular formula is C23H23F2N5O2. The van der Waals surface area contributed by atoms with Crippen LogP contribution in [0.4, 0.5) is 20.2 Å². The first-order valence-electron chi connectivity index (χ1n) is 10.2. The molecule has 1 aliphatic heterocycles. The van der Waals surface area contributed by atoms with Gasteiger partial charge >= 0.3 is 0 Å². The average Bonchev–Trinajstić information content (AvgIpc) is 2.77. The fraction of sp³-hybridized carbons (Fsp3) is 0.261. The molecule has 2 aromatic heterocycles. The number of carbonyl (C=O) groups is 1. The van der Waals surface area contributed by atoms with Crippen molar-refractivity contribution in [3.8, 4) is 11.3 Å². The van der Waals surface area contributed by atoms with Crippen molar-refractivity contribution in [1.29, 1.82) is 0 Å². The fourth-order valence-corrected chi connectivity index (χ4v) is 3.88. The van der Waals surface area contributed by atoms with Crippen LogP contribution in [0.25, 0.3) is 11.3 Å². The second kappa shape index (κ2) is 8.97. The minimum Gasteiger partial charge on any atom is -0.397 e. The maximum atomic E-state index is 14.2. The minimum absolute atomic E-state index is 0.0134. The van der Waals surface area contributed by atoms with Crippen LogP contribution in [0.15, 0.2) is 48.8 Å². The summed E-state index contributed by atoms with van der Waals surface area (Å²) in [7, 11) is 0. The summed E-state index contributed by atoms with van der Waals surface area (Å²) in [5, 5.41) is 9.90. The number of aliphatic hydroxyl groups excluding tert-OH is 1. The van der Waals surface area contributed by atoms with Crippen LogP contribution in [0.2, 0.25) is 0 Å². The number of nitrogens with zero attached hydrogens (tertiary/aromatic N) is 3. The smallest absolute Gasteiger partial charge is 0.187 e. The van der Waals surface area contributed by atoms with E-state index in [9.17, 15) is 18.7 Å². The summed E-state index contributed by atoms with van der Waals surface area (Å²) >= 11 is 0. The molecule has 4 rings (SSSR count). The number of rotatable bonds is 5. The number of hydrogen-bond acceptors (Lipinski definition) is 7. The summed E-state index contributed by atoms with van der Waals surface area (Å²) in [6, 6.07) is 7.69. The zero-order chi connectivity index (χ0) is 22.8. The van der Waals surface area contributed by atoms with Gasteiger partial charge in [-0.25, -0.2) is 13.8 Å². The molecule has 0 amide bonds. The topological polar surface area (TPSA) is 118 Å². The van der Waals surface area contributed by atoms with E-state index in [1.54, 1.807) is 18.5 Å². The summed E-state index contributed by atoms with van der Waals surface area (Å²) in [6.45, 7) is 1.03. The Morgan fingerprint density at radius 3 is 2.66 bits per heavy atom. The molecule has 1 fully saturated rings. The number of nitrogen functional groups attached to an aromatic ring is 1. The molecule has 0 aliphatic carbocycles. The van der Waals surface area contributed by atoms with Crippen molar-refractivity contribution in [1.82, 2.24) is 9.97 Å². The Hall–Kier alpha value is -3.43. The predicted octanol–water partition coefficient (Wildman–Crippen LogP) is 2.33. The maximum absolute atomic E-state index is 14.2. The lowest BCUT2D eigenvalue weighted by Gasteiger charge is -2.36. The first-order valence-corrected chi connectivity index (χ1v) is 10.2. The second-order valence-corrected chi connectivity index (χ2v) is 7.80. The molecule has 3 aromatic rings. The van der Waals surface area contributed by atoms with Crippen LogP contribution in [0.5, 0.6) is 0 Å². The van der Waals surface area contributed by atoms with E-state index in [0.717, 1.165) is 17.8 Å². The zero-order valence-electron chi connectivity index (χ0n) is 17.2. The third-order valence-corrected chi connectivity index (χ3v) is 5.60. The molecule has 32 heavy (non-hydrogen) atoms. The monoisotopic (exact) mass is 439 g/mol. The van der Waals surface area contributed by atoms with E-state index in [0.29, 0.717) is 25.1 Å². The number of piperidine rings is 1. The van der Waals surface area contributed by atoms with Gasteiger partial charge in [0.15, 0.2) is 5.78 Å². The molecule has 3 heterocycles. The highest BCUT2D eigenvalue weighted by Gasteiger charge is 2.27. The Morgan fingerprint density at radius 2 is 1.94 bits per heavy atom. The Balaban J connectivity index is 1.63. The summed E-state index contributed by atoms with van der Waals surface area (Å²) < 4.78 is 28.4. The Morgan fingerprint density at radius 1 is 1.19 bits per heavy atom. The third-order valence-electron chi connectivity index (χ3n) is 5.60. The number of hydrogen-bond donors (Lipinski definition) is 3. The van der Waals surface area contributed by atoms with E-state index in [2.05, 4.69) is 9.97 Å². The molecule has 7 nitrogen and oxygen atoms in total. The van der Waals surface area contributed by atoms with Gasteiger partial charge in [-0.2, -0.15) is 0 Å². The van der Waals surface area contributed by atoms with Crippen molar-refractivity contribution in [2.75, 3.05) is 23.7 Å². The number of carbonyl (C=O) groups excluding carboxylic acids is 1. The van der Waals surface area contributed by atoms with Crippen molar-refractivity contribution >= 4 is 17.2 Å². The molecular weight excluding hydrogens is 416 g/mol. The van der Waals surface area contributed by atoms with Crippen LogP contribution in [0.1, 0.15) is 22.5 Å². The van der Waals surface area contributed by atoms with Crippen molar-refractivity contribution < 1.29 is 18.7 Å². The Bertz CT molecular complexity index is 1140. The molecule has 9 heteroatoms. The molecule has 0 unspecified atom stereocenters. The number of nitrogens with two attached hydrogens (primary N) is 2. The van der Waals surface area contributed by atoms with E-state index in [1.165, 1.54) is 18.2 Å². The molecule has 0 radical (unpaired) electrons. The van der Waals surface area contributed by atoms with E-state index in [4.69, 9.17) is 11.5 Å². The number of pyridine rings is 2. The molecule has 1 saturated heterocycles. The van der Waals surface area contributed by atoms with Crippen LogP contribution >= 0.6 is 0 Å². The predicted molar refractivity (Wildman–Crippen MR) is 117 cm³/mol. The number of Topliss-reactive ketones (excluding diaryl/α,β-unsaturated/α-hetero) is 1. The van der Waals surface area contributed by atoms with Gasteiger partial charge in [-0.15, -0.1) is 0 Å². The highest BCUT2D eigenvalue weighted by atomic mass is 19.1. The van der Waals surface area contributed by atoms with Crippen molar-refractivity contribution in [2.24, 2.45) is 5.73 Å². The number of halogens is 2. The second-order valence-electron chi connectivity index (χ2n) is 7.80. The molecule has 166 valence electrons. The van der Waals surface area contributed by atoms with Gasteiger partial charge in [0.1, 0.15) is 17.3 Å². The SMILES string of the molecule is Nc1ccc(-c2c(F)cccc2F)nc1C(=O)Cc1cnccc1N1CC[C@H](O)[C@@H](N)C1. The Kier molecular flexibility index (Phi) is 6.11. The minimum atomic E-state index is -0.779. The lowest BCUT2D eigenvalue weighted by Crippen LogP contribution is -2.51. The summed E-state index contributed by atoms with van der Waals surface area (Å²) in [5.41, 5.74) is 13.1. The first kappa shape index (κ1) is 21.8. The molecule has 0 saturated carbocycles. The fourth-order valence-electron chi connectivity index (χ4n) is 3.88. The number of aromatic nitrogens is 2. The number of aliphatic hydroxyl groups is 1. The van der Waals surface area contributed by atoms with Crippen LogP contribution in [0, 0.1) is 11.6 Å². The molecule has 2 atom stereocenters. The van der Waals surface area contributed by atoms with Crippen molar-refractivity contribution in [3.05, 3.63) is 71.7 Å². The third kappa shape index (κ3) is 4.30. The van der Waals surface area contributed by atoms with Gasteiger partial charge in [0.2, 0.25) is 0 Å². The van der Waals surface area contributed by atoms with Gasteiger partial charge < -0.3 is 21.5 Å². The van der Waals surface area contributed by atoms with E-state index in [1.807, 2.05) is 4.90 Å². The number of anilines is 2. The molecule has 5 N–H and O–H groups in total. The number of benzene rings is 1. The average molecular weight is 439 g/mol. The van der Waals surface area contributed by atoms with E-state index in [-0.39, 0.29) is 29.1 Å². The summed E-state index contributed by atoms with van der Waals surface area (Å²) in [5.74, 6) is -1.96. The molecule has 1 aliphatic rings. The Labute approximate surface area is 183 Å². The van der Waals surface area contributed by atoms with Crippen LogP contribution in [0.3, 0.4) is 0 Å². The van der Waals surface area contributed by atoms with Crippen LogP contribution in [-0.4, -0.2) is 46.1 Å². The summed E-state index contributed by atoms with van der Waals surface area (Å²) in [4.78, 5) is 23.4. The largest absolute Gasteiger partial charge is 0.397 e. The lowest BCUT2D eigenvalue weighted by molar-refractivity contribution is 0.0988. The lowest BCUT2D eigenvalue weighted by atomic mass is 10.00. The van der Waals surface area contributed by atoms with Gasteiger partial charge in [0.25, 0.3) is 0 Å². The normalized spacial score (nSPS) is 18.6. The van der Waals surface area contributed by atoms with Gasteiger partial charge in [-0.1, -0.05) is 6.07 Å². The van der Waals surface area contributed by atoms with E-state index < -0.39 is 29.6 Å². The highest BCUT2D eigenvalue weighted by Crippen LogP contribution is 2.28. The van der Waals surface area contributed by atoms with Crippen molar-refractivity contribution in [2.45, 2.75) is 25.0 Å². The quantitative estimate of drug-likeness (QED) is 0.522. The van der Waals surface area contributed by atoms with Gasteiger partial charge in [-0.05, 0) is 36.8 Å². The van der Waals surface area contributed by atoms with Crippen LogP contribution < -0.4 is 16.4 Å². The molecule has 1 aromatic carbocycles. The number of ketones is 1.